The predicted octanol–water partition coefficient (Wildman–Crippen LogP) is 1.08. The minimum atomic E-state index is -1.55. The van der Waals surface area contributed by atoms with Crippen molar-refractivity contribution < 1.29 is 23.9 Å². The number of ether oxygens (including phenoxy) is 2. The summed E-state index contributed by atoms with van der Waals surface area (Å²) in [7, 11) is -1.55. The molecule has 1 N–H and O–H groups in total. The van der Waals surface area contributed by atoms with Crippen LogP contribution < -0.4 is 5.30 Å². The quantitative estimate of drug-likeness (QED) is 0.417. The van der Waals surface area contributed by atoms with Crippen molar-refractivity contribution in [1.82, 2.24) is 0 Å². The average Bonchev–Trinajstić information content (AvgIpc) is 2.45. The van der Waals surface area contributed by atoms with Crippen molar-refractivity contribution in [3.05, 3.63) is 30.3 Å². The monoisotopic (exact) mass is 285 g/mol. The van der Waals surface area contributed by atoms with Gasteiger partial charge in [0.05, 0.1) is 26.2 Å². The maximum Gasteiger partial charge on any atom is 0.377 e. The molecule has 5 nitrogen and oxygen atoms in total. The first-order chi connectivity index (χ1) is 9.24. The van der Waals surface area contributed by atoms with E-state index in [0.29, 0.717) is 0 Å². The fraction of sp³-hybridized carbons (Fsp3) is 0.462. The summed E-state index contributed by atoms with van der Waals surface area (Å²) in [6.45, 7) is 0.598. The lowest BCUT2D eigenvalue weighted by Gasteiger charge is -2.03. The number of aliphatic hydroxyl groups excluding tert-OH is 1. The summed E-state index contributed by atoms with van der Waals surface area (Å²) >= 11 is 0. The zero-order valence-corrected chi connectivity index (χ0v) is 11.6. The van der Waals surface area contributed by atoms with E-state index in [-0.39, 0.29) is 45.0 Å². The van der Waals surface area contributed by atoms with Crippen molar-refractivity contribution in [3.63, 3.8) is 0 Å². The summed E-state index contributed by atoms with van der Waals surface area (Å²) in [5.41, 5.74) is 0. The van der Waals surface area contributed by atoms with Crippen LogP contribution in [0.2, 0.25) is 0 Å². The number of hydrogen-bond acceptors (Lipinski definition) is 5. The van der Waals surface area contributed by atoms with Gasteiger partial charge in [-0.1, -0.05) is 22.8 Å². The fourth-order valence-corrected chi connectivity index (χ4v) is 2.52. The van der Waals surface area contributed by atoms with Crippen molar-refractivity contribution in [2.75, 3.05) is 32.6 Å². The van der Waals surface area contributed by atoms with Crippen molar-refractivity contribution in [3.8, 4) is 0 Å². The van der Waals surface area contributed by atoms with E-state index in [9.17, 15) is 9.36 Å². The molecule has 0 saturated carbocycles. The molecule has 1 atom stereocenters. The summed E-state index contributed by atoms with van der Waals surface area (Å²) in [6, 6.07) is 9.06. The Bertz CT molecular complexity index is 393. The standard InChI is InChI=1S/C13H18O5P/c14-7-8-17-9-10-18-13(15)6-11-19(16)12-4-2-1-3-5-12/h1-5,14H,6-11H2/q+1. The highest BCUT2D eigenvalue weighted by atomic mass is 31.1. The fourth-order valence-electron chi connectivity index (χ4n) is 1.37. The summed E-state index contributed by atoms with van der Waals surface area (Å²) in [5, 5.41) is 9.21. The predicted molar refractivity (Wildman–Crippen MR) is 72.0 cm³/mol. The van der Waals surface area contributed by atoms with Crippen LogP contribution in [0.25, 0.3) is 0 Å². The lowest BCUT2D eigenvalue weighted by atomic mass is 10.4. The Balaban J connectivity index is 2.15. The SMILES string of the molecule is O=C(CC[P+](=O)c1ccccc1)OCCOCCO. The molecule has 0 aromatic heterocycles. The van der Waals surface area contributed by atoms with Crippen molar-refractivity contribution in [2.45, 2.75) is 6.42 Å². The van der Waals surface area contributed by atoms with E-state index in [4.69, 9.17) is 14.6 Å². The summed E-state index contributed by atoms with van der Waals surface area (Å²) in [5.74, 6) is -0.383. The van der Waals surface area contributed by atoms with E-state index >= 15 is 0 Å². The molecule has 0 amide bonds. The maximum absolute atomic E-state index is 11.9. The van der Waals surface area contributed by atoms with Crippen molar-refractivity contribution in [2.24, 2.45) is 0 Å². The molecule has 0 fully saturated rings. The molecule has 0 aliphatic rings. The van der Waals surface area contributed by atoms with Gasteiger partial charge in [-0.05, 0) is 12.1 Å². The molecule has 1 rings (SSSR count). The Morgan fingerprint density at radius 3 is 2.58 bits per heavy atom. The van der Waals surface area contributed by atoms with Gasteiger partial charge < -0.3 is 14.6 Å². The minimum Gasteiger partial charge on any atom is -0.463 e. The van der Waals surface area contributed by atoms with Crippen LogP contribution in [-0.2, 0) is 18.8 Å². The average molecular weight is 285 g/mol. The highest BCUT2D eigenvalue weighted by Crippen LogP contribution is 2.20. The third kappa shape index (κ3) is 7.01. The van der Waals surface area contributed by atoms with Gasteiger partial charge in [-0.3, -0.25) is 4.79 Å². The van der Waals surface area contributed by atoms with Crippen LogP contribution in [0.1, 0.15) is 6.42 Å². The van der Waals surface area contributed by atoms with E-state index in [1.165, 1.54) is 0 Å². The number of carbonyl (C=O) groups is 1. The minimum absolute atomic E-state index is 0.0501. The lowest BCUT2D eigenvalue weighted by molar-refractivity contribution is -0.144. The smallest absolute Gasteiger partial charge is 0.377 e. The largest absolute Gasteiger partial charge is 0.463 e. The van der Waals surface area contributed by atoms with Crippen LogP contribution in [0.15, 0.2) is 30.3 Å². The molecular formula is C13H18O5P+. The highest BCUT2D eigenvalue weighted by Gasteiger charge is 2.20. The summed E-state index contributed by atoms with van der Waals surface area (Å²) in [6.07, 6.45) is 0.416. The number of benzene rings is 1. The number of carbonyl (C=O) groups excluding carboxylic acids is 1. The van der Waals surface area contributed by atoms with E-state index in [1.807, 2.05) is 18.2 Å². The topological polar surface area (TPSA) is 72.8 Å². The first-order valence-electron chi connectivity index (χ1n) is 6.08. The lowest BCUT2D eigenvalue weighted by Crippen LogP contribution is -2.13. The van der Waals surface area contributed by atoms with Gasteiger partial charge in [-0.2, -0.15) is 0 Å². The summed E-state index contributed by atoms with van der Waals surface area (Å²) in [4.78, 5) is 11.4. The molecule has 0 aliphatic heterocycles. The number of esters is 1. The molecule has 0 aliphatic carbocycles. The van der Waals surface area contributed by atoms with Gasteiger partial charge in [-0.25, -0.2) is 0 Å². The van der Waals surface area contributed by atoms with Gasteiger partial charge >= 0.3 is 13.8 Å². The number of aliphatic hydroxyl groups is 1. The van der Waals surface area contributed by atoms with Gasteiger partial charge in [0.15, 0.2) is 11.5 Å². The van der Waals surface area contributed by atoms with Gasteiger partial charge in [0.1, 0.15) is 6.61 Å². The molecule has 0 saturated heterocycles. The van der Waals surface area contributed by atoms with Gasteiger partial charge in [-0.15, -0.1) is 0 Å². The molecule has 1 aromatic rings. The van der Waals surface area contributed by atoms with Gasteiger partial charge in [0.2, 0.25) is 0 Å². The van der Waals surface area contributed by atoms with E-state index in [2.05, 4.69) is 0 Å². The molecule has 0 bridgehead atoms. The third-order valence-corrected chi connectivity index (χ3v) is 3.79. The van der Waals surface area contributed by atoms with Gasteiger partial charge in [0.25, 0.3) is 0 Å². The third-order valence-electron chi connectivity index (χ3n) is 2.29. The van der Waals surface area contributed by atoms with E-state index in [1.54, 1.807) is 12.1 Å². The van der Waals surface area contributed by atoms with Crippen LogP contribution >= 0.6 is 7.80 Å². The normalized spacial score (nSPS) is 11.1. The Labute approximate surface area is 113 Å². The molecule has 0 radical (unpaired) electrons. The molecule has 19 heavy (non-hydrogen) atoms. The molecular weight excluding hydrogens is 267 g/mol. The van der Waals surface area contributed by atoms with E-state index < -0.39 is 7.80 Å². The van der Waals surface area contributed by atoms with Crippen LogP contribution in [-0.4, -0.2) is 43.7 Å². The number of rotatable bonds is 9. The van der Waals surface area contributed by atoms with E-state index in [0.717, 1.165) is 5.30 Å². The second-order valence-electron chi connectivity index (χ2n) is 3.74. The molecule has 0 spiro atoms. The first-order valence-corrected chi connectivity index (χ1v) is 7.52. The van der Waals surface area contributed by atoms with Crippen molar-refractivity contribution in [1.29, 1.82) is 0 Å². The van der Waals surface area contributed by atoms with Crippen LogP contribution in [0.3, 0.4) is 0 Å². The zero-order valence-electron chi connectivity index (χ0n) is 10.7. The van der Waals surface area contributed by atoms with Crippen molar-refractivity contribution >= 4 is 19.1 Å². The second kappa shape index (κ2) is 9.62. The van der Waals surface area contributed by atoms with Crippen LogP contribution in [0, 0.1) is 0 Å². The maximum atomic E-state index is 11.9. The zero-order chi connectivity index (χ0) is 13.9. The summed E-state index contributed by atoms with van der Waals surface area (Å²) < 4.78 is 21.7. The van der Waals surface area contributed by atoms with Crippen LogP contribution in [0.5, 0.6) is 0 Å². The molecule has 6 heteroatoms. The Morgan fingerprint density at radius 2 is 1.89 bits per heavy atom. The Hall–Kier alpha value is -1.29. The highest BCUT2D eigenvalue weighted by molar-refractivity contribution is 7.53. The molecule has 104 valence electrons. The Kier molecular flexibility index (Phi) is 7.98. The molecule has 1 aromatic carbocycles. The first kappa shape index (κ1) is 15.8. The number of hydrogen-bond donors (Lipinski definition) is 1. The molecule has 1 unspecified atom stereocenters. The Morgan fingerprint density at radius 1 is 1.16 bits per heavy atom. The molecule has 0 heterocycles. The second-order valence-corrected chi connectivity index (χ2v) is 5.46. The van der Waals surface area contributed by atoms with Crippen LogP contribution in [0.4, 0.5) is 0 Å². The van der Waals surface area contributed by atoms with Gasteiger partial charge in [0, 0.05) is 0 Å².